The highest BCUT2D eigenvalue weighted by Gasteiger charge is 2.38. The molecule has 0 radical (unpaired) electrons. The minimum absolute atomic E-state index is 0.0330. The quantitative estimate of drug-likeness (QED) is 0.719. The molecular weight excluding hydrogens is 435 g/mol. The summed E-state index contributed by atoms with van der Waals surface area (Å²) in [5.41, 5.74) is 5.56. The number of primary amides is 1. The number of carbonyl (C=O) groups excluding carboxylic acids is 2. The maximum Gasteiger partial charge on any atom is 0.287 e. The summed E-state index contributed by atoms with van der Waals surface area (Å²) in [4.78, 5) is 29.1. The standard InChI is InChI=1S/C19H20F3N5O3S/c1-9(17(23)28)24-11-3-2-10-15(14(11)20)30-6-5-26-8-13(25-18(10)26)27-12(16(21)22)4-7-31-19(27)29/h2-3,8-9,12,16,24H,4-7H2,1H3,(H2,23,28)/t9-,12?/m0/s1. The van der Waals surface area contributed by atoms with Gasteiger partial charge in [0.15, 0.2) is 17.4 Å². The molecule has 0 aliphatic carbocycles. The Kier molecular flexibility index (Phi) is 5.73. The van der Waals surface area contributed by atoms with Gasteiger partial charge in [0.2, 0.25) is 5.91 Å². The number of carbonyl (C=O) groups is 2. The van der Waals surface area contributed by atoms with E-state index in [1.807, 2.05) is 0 Å². The van der Waals surface area contributed by atoms with Crippen LogP contribution in [0.25, 0.3) is 11.4 Å². The van der Waals surface area contributed by atoms with Gasteiger partial charge in [-0.1, -0.05) is 11.8 Å². The molecule has 1 saturated heterocycles. The lowest BCUT2D eigenvalue weighted by atomic mass is 10.1. The van der Waals surface area contributed by atoms with E-state index in [-0.39, 0.29) is 36.8 Å². The van der Waals surface area contributed by atoms with Crippen molar-refractivity contribution < 1.29 is 27.5 Å². The van der Waals surface area contributed by atoms with E-state index in [4.69, 9.17) is 10.5 Å². The van der Waals surface area contributed by atoms with E-state index in [1.165, 1.54) is 19.2 Å². The SMILES string of the molecule is C[C@H](Nc1ccc2c(c1F)OCCn1cc(N3C(=O)SCCC3C(F)F)nc1-2)C(N)=O. The summed E-state index contributed by atoms with van der Waals surface area (Å²) in [6, 6.07) is 0.910. The number of hydrogen-bond donors (Lipinski definition) is 2. The molecular formula is C19H20F3N5O3S. The van der Waals surface area contributed by atoms with Crippen molar-refractivity contribution >= 4 is 34.4 Å². The number of anilines is 2. The molecule has 1 aromatic carbocycles. The van der Waals surface area contributed by atoms with Crippen molar-refractivity contribution in [3.63, 3.8) is 0 Å². The monoisotopic (exact) mass is 455 g/mol. The zero-order chi connectivity index (χ0) is 22.3. The average Bonchev–Trinajstić information content (AvgIpc) is 3.05. The van der Waals surface area contributed by atoms with Crippen molar-refractivity contribution in [1.29, 1.82) is 0 Å². The topological polar surface area (TPSA) is 102 Å². The van der Waals surface area contributed by atoms with Gasteiger partial charge in [-0.05, 0) is 25.5 Å². The van der Waals surface area contributed by atoms with Crippen molar-refractivity contribution in [2.45, 2.75) is 38.4 Å². The van der Waals surface area contributed by atoms with Crippen LogP contribution in [0.2, 0.25) is 0 Å². The van der Waals surface area contributed by atoms with Crippen molar-refractivity contribution in [1.82, 2.24) is 9.55 Å². The number of thioether (sulfide) groups is 1. The van der Waals surface area contributed by atoms with Crippen LogP contribution in [0.4, 0.5) is 29.5 Å². The summed E-state index contributed by atoms with van der Waals surface area (Å²) >= 11 is 0.964. The number of nitrogens with zero attached hydrogens (tertiary/aromatic N) is 3. The molecule has 0 bridgehead atoms. The molecule has 31 heavy (non-hydrogen) atoms. The summed E-state index contributed by atoms with van der Waals surface area (Å²) in [5.74, 6) is -0.740. The van der Waals surface area contributed by atoms with Crippen LogP contribution in [0.5, 0.6) is 5.75 Å². The fourth-order valence-corrected chi connectivity index (χ4v) is 4.44. The van der Waals surface area contributed by atoms with Gasteiger partial charge in [0.25, 0.3) is 11.7 Å². The van der Waals surface area contributed by atoms with Crippen LogP contribution in [0.1, 0.15) is 13.3 Å². The van der Waals surface area contributed by atoms with Gasteiger partial charge in [0, 0.05) is 11.9 Å². The average molecular weight is 455 g/mol. The Hall–Kier alpha value is -2.89. The Morgan fingerprint density at radius 1 is 1.42 bits per heavy atom. The van der Waals surface area contributed by atoms with Gasteiger partial charge in [0.1, 0.15) is 24.5 Å². The largest absolute Gasteiger partial charge is 0.488 e. The van der Waals surface area contributed by atoms with Crippen molar-refractivity contribution in [2.75, 3.05) is 22.6 Å². The number of imidazole rings is 1. The van der Waals surface area contributed by atoms with Crippen LogP contribution in [0.15, 0.2) is 18.3 Å². The fourth-order valence-electron chi connectivity index (χ4n) is 3.54. The minimum atomic E-state index is -2.71. The first-order valence-electron chi connectivity index (χ1n) is 9.60. The number of halogens is 3. The lowest BCUT2D eigenvalue weighted by Crippen LogP contribution is -2.46. The number of ether oxygens (including phenoxy) is 1. The number of benzene rings is 1. The molecule has 2 aromatic rings. The number of hydrogen-bond acceptors (Lipinski definition) is 6. The summed E-state index contributed by atoms with van der Waals surface area (Å²) < 4.78 is 49.4. The molecule has 0 saturated carbocycles. The molecule has 1 aromatic heterocycles. The number of alkyl halides is 2. The highest BCUT2D eigenvalue weighted by atomic mass is 32.2. The zero-order valence-corrected chi connectivity index (χ0v) is 17.3. The normalized spacial score (nSPS) is 19.3. The Balaban J connectivity index is 1.74. The van der Waals surface area contributed by atoms with Crippen LogP contribution in [0, 0.1) is 5.82 Å². The van der Waals surface area contributed by atoms with E-state index < -0.39 is 35.5 Å². The summed E-state index contributed by atoms with van der Waals surface area (Å²) in [5, 5.41) is 2.20. The number of aromatic nitrogens is 2. The van der Waals surface area contributed by atoms with Gasteiger partial charge in [-0.3, -0.25) is 14.5 Å². The van der Waals surface area contributed by atoms with Gasteiger partial charge in [-0.2, -0.15) is 0 Å². The highest BCUT2D eigenvalue weighted by Crippen LogP contribution is 2.40. The Bertz CT molecular complexity index is 1030. The second-order valence-corrected chi connectivity index (χ2v) is 8.26. The maximum atomic E-state index is 15.1. The van der Waals surface area contributed by atoms with Gasteiger partial charge in [-0.15, -0.1) is 0 Å². The molecule has 1 fully saturated rings. The molecule has 3 heterocycles. The molecule has 12 heteroatoms. The Labute approximate surface area is 179 Å². The van der Waals surface area contributed by atoms with E-state index in [1.54, 1.807) is 10.6 Å². The van der Waals surface area contributed by atoms with Gasteiger partial charge in [-0.25, -0.2) is 18.2 Å². The molecule has 1 unspecified atom stereocenters. The van der Waals surface area contributed by atoms with Crippen LogP contribution in [0.3, 0.4) is 0 Å². The third kappa shape index (κ3) is 3.91. The summed E-state index contributed by atoms with van der Waals surface area (Å²) in [6.07, 6.45) is -1.05. The second kappa shape index (κ2) is 8.33. The van der Waals surface area contributed by atoms with E-state index in [0.717, 1.165) is 16.7 Å². The lowest BCUT2D eigenvalue weighted by Gasteiger charge is -2.32. The van der Waals surface area contributed by atoms with E-state index >= 15 is 4.39 Å². The molecule has 166 valence electrons. The van der Waals surface area contributed by atoms with E-state index in [9.17, 15) is 18.4 Å². The summed E-state index contributed by atoms with van der Waals surface area (Å²) in [7, 11) is 0. The van der Waals surface area contributed by atoms with Crippen molar-refractivity contribution in [2.24, 2.45) is 5.73 Å². The van der Waals surface area contributed by atoms with Crippen LogP contribution in [-0.2, 0) is 11.3 Å². The number of nitrogens with two attached hydrogens (primary N) is 1. The molecule has 2 atom stereocenters. The van der Waals surface area contributed by atoms with Crippen molar-refractivity contribution in [3.8, 4) is 17.1 Å². The first kappa shape index (κ1) is 21.3. The third-order valence-corrected chi connectivity index (χ3v) is 6.07. The number of amides is 2. The molecule has 2 aliphatic heterocycles. The van der Waals surface area contributed by atoms with Gasteiger partial charge >= 0.3 is 0 Å². The fraction of sp³-hybridized carbons (Fsp3) is 0.421. The first-order chi connectivity index (χ1) is 14.8. The van der Waals surface area contributed by atoms with Crippen LogP contribution >= 0.6 is 11.8 Å². The van der Waals surface area contributed by atoms with E-state index in [0.29, 0.717) is 17.1 Å². The predicted molar refractivity (Wildman–Crippen MR) is 110 cm³/mol. The van der Waals surface area contributed by atoms with Crippen LogP contribution in [-0.4, -0.2) is 51.6 Å². The number of rotatable bonds is 5. The summed E-state index contributed by atoms with van der Waals surface area (Å²) in [6.45, 7) is 1.88. The molecule has 3 N–H and O–H groups in total. The first-order valence-corrected chi connectivity index (χ1v) is 10.6. The number of fused-ring (bicyclic) bond motifs is 3. The number of nitrogens with one attached hydrogen (secondary N) is 1. The second-order valence-electron chi connectivity index (χ2n) is 7.21. The van der Waals surface area contributed by atoms with Gasteiger partial charge in [0.05, 0.1) is 17.8 Å². The van der Waals surface area contributed by atoms with Gasteiger partial charge < -0.3 is 20.4 Å². The molecule has 0 spiro atoms. The molecule has 2 aliphatic rings. The molecule has 8 nitrogen and oxygen atoms in total. The minimum Gasteiger partial charge on any atom is -0.488 e. The Morgan fingerprint density at radius 2 is 2.19 bits per heavy atom. The molecule has 4 rings (SSSR count). The Morgan fingerprint density at radius 3 is 2.90 bits per heavy atom. The van der Waals surface area contributed by atoms with E-state index in [2.05, 4.69) is 10.3 Å². The van der Waals surface area contributed by atoms with Crippen molar-refractivity contribution in [3.05, 3.63) is 24.1 Å². The maximum absolute atomic E-state index is 15.1. The van der Waals surface area contributed by atoms with Crippen LogP contribution < -0.4 is 20.7 Å². The molecule has 2 amide bonds. The third-order valence-electron chi connectivity index (χ3n) is 5.18. The zero-order valence-electron chi connectivity index (χ0n) is 16.5. The smallest absolute Gasteiger partial charge is 0.287 e. The lowest BCUT2D eigenvalue weighted by molar-refractivity contribution is -0.118. The highest BCUT2D eigenvalue weighted by molar-refractivity contribution is 8.14. The predicted octanol–water partition coefficient (Wildman–Crippen LogP) is 3.06.